The number of para-hydroxylation sites is 1. The number of urea groups is 1. The smallest absolute Gasteiger partial charge is 0.485 e. The van der Waals surface area contributed by atoms with Crippen molar-refractivity contribution in [2.75, 3.05) is 23.9 Å². The number of carbonyl (C=O) groups is 1. The van der Waals surface area contributed by atoms with Crippen LogP contribution in [0.2, 0.25) is 0 Å². The molecule has 0 aliphatic rings. The summed E-state index contributed by atoms with van der Waals surface area (Å²) in [5, 5.41) is 2.80. The summed E-state index contributed by atoms with van der Waals surface area (Å²) in [6.45, 7) is 4.21. The zero-order chi connectivity index (χ0) is 26.8. The zero-order valence-corrected chi connectivity index (χ0v) is 21.0. The maximum Gasteiger partial charge on any atom is 0.573 e. The maximum absolute atomic E-state index is 12.3. The molecule has 196 valence electrons. The van der Waals surface area contributed by atoms with Crippen LogP contribution in [-0.2, 0) is 0 Å². The third-order valence-electron chi connectivity index (χ3n) is 4.79. The van der Waals surface area contributed by atoms with E-state index in [2.05, 4.69) is 29.1 Å². The average molecular weight is 535 g/mol. The third-order valence-corrected chi connectivity index (χ3v) is 5.32. The Morgan fingerprint density at radius 2 is 1.78 bits per heavy atom. The van der Waals surface area contributed by atoms with Crippen LogP contribution in [0.15, 0.2) is 65.3 Å². The Bertz CT molecular complexity index is 1190. The first-order valence-electron chi connectivity index (χ1n) is 11.0. The molecule has 2 N–H and O–H groups in total. The lowest BCUT2D eigenvalue weighted by Crippen LogP contribution is -2.23. The number of nitrogens with zero attached hydrogens (tertiary/aromatic N) is 4. The number of aromatic nitrogens is 2. The topological polar surface area (TPSA) is 101 Å². The molecule has 0 spiro atoms. The Balaban J connectivity index is 1.41. The quantitative estimate of drug-likeness (QED) is 0.239. The second kappa shape index (κ2) is 12.8. The van der Waals surface area contributed by atoms with Crippen molar-refractivity contribution < 1.29 is 27.4 Å². The van der Waals surface area contributed by atoms with E-state index < -0.39 is 12.4 Å². The van der Waals surface area contributed by atoms with Crippen LogP contribution in [-0.4, -0.2) is 42.2 Å². The van der Waals surface area contributed by atoms with Gasteiger partial charge in [0.25, 0.3) is 0 Å². The maximum atomic E-state index is 12.3. The minimum atomic E-state index is -4.75. The molecule has 0 radical (unpaired) electrons. The van der Waals surface area contributed by atoms with Crippen LogP contribution < -0.4 is 24.4 Å². The molecule has 1 heterocycles. The minimum Gasteiger partial charge on any atom is -0.485 e. The number of hydrogen-bond donors (Lipinski definition) is 2. The van der Waals surface area contributed by atoms with E-state index in [1.54, 1.807) is 11.9 Å². The molecule has 9 nitrogen and oxygen atoms in total. The highest BCUT2D eigenvalue weighted by molar-refractivity contribution is 7.96. The van der Waals surface area contributed by atoms with E-state index in [1.165, 1.54) is 42.9 Å². The normalized spacial score (nSPS) is 11.4. The highest BCUT2D eigenvalue weighted by atomic mass is 32.2. The SMILES string of the molecule is CC(C)c1ccccc1NC(=O)NS/N=C/COc1cnc(N(C)c2ccc(OC(F)(F)F)cc2)nc1. The van der Waals surface area contributed by atoms with E-state index in [0.717, 1.165) is 23.4 Å². The predicted octanol–water partition coefficient (Wildman–Crippen LogP) is 6.10. The fraction of sp³-hybridized carbons (Fsp3) is 0.250. The Labute approximate surface area is 216 Å². The Morgan fingerprint density at radius 3 is 2.43 bits per heavy atom. The van der Waals surface area contributed by atoms with Crippen molar-refractivity contribution in [1.82, 2.24) is 14.7 Å². The van der Waals surface area contributed by atoms with Crippen LogP contribution >= 0.6 is 12.1 Å². The molecule has 2 amide bonds. The van der Waals surface area contributed by atoms with Crippen LogP contribution in [0.4, 0.5) is 35.3 Å². The molecule has 0 aliphatic carbocycles. The average Bonchev–Trinajstić information content (AvgIpc) is 2.86. The number of hydrogen-bond acceptors (Lipinski definition) is 8. The lowest BCUT2D eigenvalue weighted by atomic mass is 10.0. The van der Waals surface area contributed by atoms with Crippen molar-refractivity contribution in [3.63, 3.8) is 0 Å². The summed E-state index contributed by atoms with van der Waals surface area (Å²) in [7, 11) is 1.67. The predicted molar refractivity (Wildman–Crippen MR) is 137 cm³/mol. The molecule has 2 aromatic carbocycles. The van der Waals surface area contributed by atoms with Gasteiger partial charge in [-0.3, -0.25) is 4.72 Å². The molecule has 0 saturated carbocycles. The van der Waals surface area contributed by atoms with Gasteiger partial charge in [0.15, 0.2) is 5.75 Å². The van der Waals surface area contributed by atoms with E-state index in [-0.39, 0.29) is 18.3 Å². The van der Waals surface area contributed by atoms with Gasteiger partial charge in [0.2, 0.25) is 5.95 Å². The standard InChI is InChI=1S/C24H25F3N6O3S/c1-16(2)20-6-4-5-7-21(20)31-23(34)32-37-30-12-13-35-19-14-28-22(29-15-19)33(3)17-8-10-18(11-9-17)36-24(25,26)27/h4-12,14-16H,13H2,1-3H3,(H2,31,32,34)/b30-12+. The number of anilines is 3. The van der Waals surface area contributed by atoms with Crippen LogP contribution in [0.25, 0.3) is 0 Å². The molecule has 0 fully saturated rings. The Morgan fingerprint density at radius 1 is 1.11 bits per heavy atom. The van der Waals surface area contributed by atoms with E-state index in [4.69, 9.17) is 4.74 Å². The van der Waals surface area contributed by atoms with Crippen molar-refractivity contribution in [3.8, 4) is 11.5 Å². The molecule has 0 saturated heterocycles. The summed E-state index contributed by atoms with van der Waals surface area (Å²) in [6.07, 6.45) is -0.365. The van der Waals surface area contributed by atoms with Crippen molar-refractivity contribution >= 4 is 41.7 Å². The Hall–Kier alpha value is -4.00. The second-order valence-corrected chi connectivity index (χ2v) is 8.41. The van der Waals surface area contributed by atoms with Gasteiger partial charge in [-0.25, -0.2) is 19.2 Å². The number of alkyl halides is 3. The van der Waals surface area contributed by atoms with Crippen molar-refractivity contribution in [2.24, 2.45) is 4.40 Å². The second-order valence-electron chi connectivity index (χ2n) is 7.81. The molecule has 3 aromatic rings. The molecular formula is C24H25F3N6O3S. The van der Waals surface area contributed by atoms with Gasteiger partial charge in [-0.2, -0.15) is 0 Å². The van der Waals surface area contributed by atoms with Crippen molar-refractivity contribution in [2.45, 2.75) is 26.1 Å². The van der Waals surface area contributed by atoms with Crippen LogP contribution in [0.1, 0.15) is 25.3 Å². The molecular weight excluding hydrogens is 509 g/mol. The van der Waals surface area contributed by atoms with E-state index in [0.29, 0.717) is 17.4 Å². The molecule has 37 heavy (non-hydrogen) atoms. The van der Waals surface area contributed by atoms with Gasteiger partial charge in [0.05, 0.1) is 30.7 Å². The number of amides is 2. The molecule has 0 unspecified atom stereocenters. The summed E-state index contributed by atoms with van der Waals surface area (Å²) in [6, 6.07) is 12.5. The van der Waals surface area contributed by atoms with Gasteiger partial charge in [0, 0.05) is 18.4 Å². The van der Waals surface area contributed by atoms with Gasteiger partial charge >= 0.3 is 12.4 Å². The van der Waals surface area contributed by atoms with Crippen LogP contribution in [0.3, 0.4) is 0 Å². The minimum absolute atomic E-state index is 0.117. The van der Waals surface area contributed by atoms with Crippen molar-refractivity contribution in [3.05, 3.63) is 66.5 Å². The molecule has 0 aliphatic heterocycles. The summed E-state index contributed by atoms with van der Waals surface area (Å²) in [5.41, 5.74) is 2.34. The number of rotatable bonds is 10. The summed E-state index contributed by atoms with van der Waals surface area (Å²) < 4.78 is 52.8. The van der Waals surface area contributed by atoms with E-state index in [9.17, 15) is 18.0 Å². The third kappa shape index (κ3) is 8.86. The first-order chi connectivity index (χ1) is 17.6. The fourth-order valence-corrected chi connectivity index (χ4v) is 3.40. The van der Waals surface area contributed by atoms with Gasteiger partial charge in [0.1, 0.15) is 12.4 Å². The molecule has 13 heteroatoms. The lowest BCUT2D eigenvalue weighted by molar-refractivity contribution is -0.274. The van der Waals surface area contributed by atoms with Crippen molar-refractivity contribution in [1.29, 1.82) is 0 Å². The lowest BCUT2D eigenvalue weighted by Gasteiger charge is -2.17. The number of benzene rings is 2. The number of nitrogens with one attached hydrogen (secondary N) is 2. The molecule has 1 aromatic heterocycles. The number of ether oxygens (including phenoxy) is 2. The summed E-state index contributed by atoms with van der Waals surface area (Å²) >= 11 is 0.856. The monoisotopic (exact) mass is 534 g/mol. The number of carbonyl (C=O) groups excluding carboxylic acids is 1. The molecule has 0 atom stereocenters. The highest BCUT2D eigenvalue weighted by Gasteiger charge is 2.31. The fourth-order valence-electron chi connectivity index (χ4n) is 3.08. The first kappa shape index (κ1) is 27.6. The van der Waals surface area contributed by atoms with E-state index >= 15 is 0 Å². The van der Waals surface area contributed by atoms with Gasteiger partial charge < -0.3 is 19.7 Å². The van der Waals surface area contributed by atoms with Crippen LogP contribution in [0.5, 0.6) is 11.5 Å². The highest BCUT2D eigenvalue weighted by Crippen LogP contribution is 2.27. The van der Waals surface area contributed by atoms with Gasteiger partial charge in [-0.1, -0.05) is 32.0 Å². The number of halogens is 3. The van der Waals surface area contributed by atoms with Crippen LogP contribution in [0, 0.1) is 0 Å². The van der Waals surface area contributed by atoms with E-state index in [1.807, 2.05) is 38.1 Å². The zero-order valence-electron chi connectivity index (χ0n) is 20.2. The molecule has 3 rings (SSSR count). The molecule has 0 bridgehead atoms. The summed E-state index contributed by atoms with van der Waals surface area (Å²) in [5.74, 6) is 0.654. The summed E-state index contributed by atoms with van der Waals surface area (Å²) in [4.78, 5) is 22.1. The Kier molecular flexibility index (Phi) is 9.55. The first-order valence-corrected chi connectivity index (χ1v) is 11.8. The van der Waals surface area contributed by atoms with Gasteiger partial charge in [-0.05, 0) is 41.8 Å². The van der Waals surface area contributed by atoms with Gasteiger partial charge in [-0.15, -0.1) is 13.2 Å². The largest absolute Gasteiger partial charge is 0.573 e.